The number of pyridine rings is 4. The number of hydrogen-bond donors (Lipinski definition) is 0. The summed E-state index contributed by atoms with van der Waals surface area (Å²) in [5.74, 6) is 0. The van der Waals surface area contributed by atoms with Gasteiger partial charge in [0, 0.05) is 24.8 Å². The van der Waals surface area contributed by atoms with E-state index in [2.05, 4.69) is 354 Å². The van der Waals surface area contributed by atoms with Crippen molar-refractivity contribution in [2.75, 3.05) is 0 Å². The molecule has 0 saturated carbocycles. The minimum Gasteiger partial charge on any atom is -0.305 e. The Kier molecular flexibility index (Phi) is 22.0. The molecule has 0 aliphatic carbocycles. The van der Waals surface area contributed by atoms with Gasteiger partial charge in [-0.1, -0.05) is 280 Å². The molecule has 0 aliphatic rings. The van der Waals surface area contributed by atoms with Crippen LogP contribution in [-0.4, -0.2) is 29.9 Å². The molecule has 116 heavy (non-hydrogen) atoms. The second-order valence-electron chi connectivity index (χ2n) is 28.1. The Morgan fingerprint density at radius 1 is 0.155 bits per heavy atom. The predicted molar refractivity (Wildman–Crippen MR) is 465 cm³/mol. The predicted octanol–water partition coefficient (Wildman–Crippen LogP) is 27.1. The molecule has 6 nitrogen and oxygen atoms in total. The Hall–Kier alpha value is -14.0. The molecule has 5 heterocycles. The van der Waals surface area contributed by atoms with E-state index < -0.39 is 0 Å². The zero-order valence-corrected chi connectivity index (χ0v) is 65.8. The third-order valence-corrected chi connectivity index (χ3v) is 21.1. The fourth-order valence-electron chi connectivity index (χ4n) is 15.4. The Morgan fingerprint density at radius 2 is 0.353 bits per heavy atom. The molecule has 0 spiro atoms. The largest absolute Gasteiger partial charge is 3.00 e. The first-order valence-electron chi connectivity index (χ1n) is 38.1. The molecule has 0 aliphatic heterocycles. The van der Waals surface area contributed by atoms with E-state index in [-0.39, 0.29) is 39.0 Å². The molecule has 0 N–H and O–H groups in total. The summed E-state index contributed by atoms with van der Waals surface area (Å²) in [4.78, 5) is 28.2. The number of aromatic nitrogens is 6. The van der Waals surface area contributed by atoms with Gasteiger partial charge in [-0.3, -0.25) is 4.98 Å². The SMILES string of the molecule is [Rh+2].[Rh+3].[c-]1cc(-c2ccccc2-c2cc(-c3ccccc3-c3c[c-]c(-c4ccccn4)cc3)cc(-c3ccccc3-c3c[c-]c(-c4cc(-c5ccc(-c6ccccc6-c6cc(-c7ccccc7-c7c[c-]c(-c8ccccn8)cc7)cc(-c7ccccc7-c7c[c-]c(-c8ccccn8)cc7)c6)cc5)ncn4)cc3)c2)ccc1-c1ccccn1. The Balaban J connectivity index is 0.00000484. The van der Waals surface area contributed by atoms with Crippen molar-refractivity contribution >= 4 is 0 Å². The van der Waals surface area contributed by atoms with Gasteiger partial charge in [0.1, 0.15) is 6.33 Å². The number of rotatable bonds is 18. The number of hydrogen-bond acceptors (Lipinski definition) is 6. The molecule has 0 atom stereocenters. The van der Waals surface area contributed by atoms with Gasteiger partial charge in [0.05, 0.1) is 5.69 Å². The maximum Gasteiger partial charge on any atom is 3.00 e. The Morgan fingerprint density at radius 3 is 0.578 bits per heavy atom. The van der Waals surface area contributed by atoms with Gasteiger partial charge in [-0.25, -0.2) is 4.98 Å². The van der Waals surface area contributed by atoms with E-state index in [1.807, 2.05) is 97.6 Å². The van der Waals surface area contributed by atoms with Crippen molar-refractivity contribution in [2.24, 2.45) is 0 Å². The van der Waals surface area contributed by atoms with E-state index in [1.165, 1.54) is 0 Å². The maximum absolute atomic E-state index is 4.87. The quantitative estimate of drug-likeness (QED) is 0.0629. The summed E-state index contributed by atoms with van der Waals surface area (Å²) in [6.45, 7) is 0. The van der Waals surface area contributed by atoms with E-state index in [4.69, 9.17) is 9.97 Å². The third-order valence-electron chi connectivity index (χ3n) is 21.1. The summed E-state index contributed by atoms with van der Waals surface area (Å²) >= 11 is 0. The Bertz CT molecular complexity index is 5950. The molecule has 0 fully saturated rings. The molecular weight excluding hydrogens is 1590 g/mol. The molecule has 14 aromatic carbocycles. The van der Waals surface area contributed by atoms with Crippen molar-refractivity contribution in [1.29, 1.82) is 0 Å². The Labute approximate surface area is 702 Å². The van der Waals surface area contributed by atoms with Crippen molar-refractivity contribution in [1.82, 2.24) is 29.9 Å². The van der Waals surface area contributed by atoms with Crippen molar-refractivity contribution in [2.45, 2.75) is 0 Å². The maximum atomic E-state index is 4.87. The summed E-state index contributed by atoms with van der Waals surface area (Å²) in [5.41, 5.74) is 36.8. The van der Waals surface area contributed by atoms with Gasteiger partial charge in [-0.15, -0.1) is 149 Å². The minimum atomic E-state index is 0. The molecule has 0 amide bonds. The molecule has 0 unspecified atom stereocenters. The molecule has 19 aromatic rings. The summed E-state index contributed by atoms with van der Waals surface area (Å²) in [5, 5.41) is 0. The molecule has 19 rings (SSSR count). The first-order chi connectivity index (χ1) is 56.5. The van der Waals surface area contributed by atoms with Crippen molar-refractivity contribution in [3.63, 3.8) is 0 Å². The van der Waals surface area contributed by atoms with Gasteiger partial charge >= 0.3 is 39.0 Å². The van der Waals surface area contributed by atoms with E-state index >= 15 is 0 Å². The van der Waals surface area contributed by atoms with Crippen LogP contribution >= 0.6 is 0 Å². The van der Waals surface area contributed by atoms with E-state index in [9.17, 15) is 0 Å². The van der Waals surface area contributed by atoms with Crippen molar-refractivity contribution in [3.05, 3.63) is 438 Å². The van der Waals surface area contributed by atoms with Crippen LogP contribution in [-0.2, 0) is 39.0 Å². The topological polar surface area (TPSA) is 77.3 Å². The van der Waals surface area contributed by atoms with Crippen LogP contribution in [0.25, 0.3) is 201 Å². The number of benzene rings is 14. The van der Waals surface area contributed by atoms with Crippen LogP contribution in [0.15, 0.2) is 407 Å². The van der Waals surface area contributed by atoms with Crippen LogP contribution in [0.1, 0.15) is 0 Å². The van der Waals surface area contributed by atoms with Crippen molar-refractivity contribution in [3.8, 4) is 201 Å². The molecular formula is C108H67N6Rh2. The van der Waals surface area contributed by atoms with Crippen LogP contribution < -0.4 is 0 Å². The van der Waals surface area contributed by atoms with Gasteiger partial charge < -0.3 is 19.9 Å². The van der Waals surface area contributed by atoms with E-state index in [1.54, 1.807) is 6.33 Å². The normalized spacial score (nSPS) is 11.0. The molecule has 0 saturated heterocycles. The monoisotopic (exact) mass is 1650 g/mol. The second kappa shape index (κ2) is 34.1. The van der Waals surface area contributed by atoms with Gasteiger partial charge in [0.25, 0.3) is 0 Å². The standard InChI is InChI=1S/C108H67N6.2Rh/c1-7-27-97(91(21-1)73-37-49-79(50-38-73)103-33-13-17-61-109-103)85-65-86(98-28-8-2-22-92(98)74-39-51-80(52-40-74)104-34-14-18-62-110-104)68-89(67-85)101-31-11-5-25-95(101)77-45-57-83(58-46-77)107-71-108(114-72-113-107)84-59-47-78(48-60-84)96-26-6-12-32-102(96)90-69-87(99-29-9-3-23-93(99)75-41-53-81(54-42-75)105-35-15-19-63-111-105)66-88(70-90)100-30-10-4-24-94(100)76-43-55-82(56-44-76)106-36-16-20-64-112-106;;/h1-49,51,53,55,57-59,61-72H;;/q-5;+2;+3. The molecule has 0 bridgehead atoms. The second-order valence-corrected chi connectivity index (χ2v) is 28.1. The van der Waals surface area contributed by atoms with Gasteiger partial charge in [-0.2, -0.15) is 0 Å². The molecule has 8 heteroatoms. The minimum absolute atomic E-state index is 0. The van der Waals surface area contributed by atoms with Gasteiger partial charge in [0.2, 0.25) is 0 Å². The van der Waals surface area contributed by atoms with Crippen LogP contribution in [0.2, 0.25) is 0 Å². The van der Waals surface area contributed by atoms with Gasteiger partial charge in [0.15, 0.2) is 0 Å². The average molecular weight is 1650 g/mol. The van der Waals surface area contributed by atoms with Crippen LogP contribution in [0.3, 0.4) is 0 Å². The first kappa shape index (κ1) is 74.7. The van der Waals surface area contributed by atoms with Crippen LogP contribution in [0.5, 0.6) is 0 Å². The fourth-order valence-corrected chi connectivity index (χ4v) is 15.4. The van der Waals surface area contributed by atoms with E-state index in [0.29, 0.717) is 0 Å². The summed E-state index contributed by atoms with van der Waals surface area (Å²) in [6.07, 6.45) is 8.94. The fraction of sp³-hybridized carbons (Fsp3) is 0. The smallest absolute Gasteiger partial charge is 0.305 e. The number of nitrogens with zero attached hydrogens (tertiary/aromatic N) is 6. The first-order valence-corrected chi connectivity index (χ1v) is 38.1. The molecule has 547 valence electrons. The van der Waals surface area contributed by atoms with Gasteiger partial charge in [-0.05, 0) is 173 Å². The zero-order chi connectivity index (χ0) is 75.9. The third kappa shape index (κ3) is 15.7. The molecule has 1 radical (unpaired) electrons. The summed E-state index contributed by atoms with van der Waals surface area (Å²) in [6, 6.07) is 151. The van der Waals surface area contributed by atoms with E-state index in [0.717, 1.165) is 201 Å². The van der Waals surface area contributed by atoms with Crippen LogP contribution in [0, 0.1) is 30.3 Å². The zero-order valence-electron chi connectivity index (χ0n) is 62.5. The molecule has 5 aromatic heterocycles. The summed E-state index contributed by atoms with van der Waals surface area (Å²) in [7, 11) is 0. The average Bonchev–Trinajstić information content (AvgIpc) is 0.768. The van der Waals surface area contributed by atoms with Crippen LogP contribution in [0.4, 0.5) is 0 Å². The van der Waals surface area contributed by atoms with Crippen molar-refractivity contribution < 1.29 is 39.0 Å². The summed E-state index contributed by atoms with van der Waals surface area (Å²) < 4.78 is 0.